The van der Waals surface area contributed by atoms with Gasteiger partial charge in [0.1, 0.15) is 83.4 Å². The van der Waals surface area contributed by atoms with E-state index in [4.69, 9.17) is 42.3 Å². The summed E-state index contributed by atoms with van der Waals surface area (Å²) < 4.78 is 52.9. The van der Waals surface area contributed by atoms with Gasteiger partial charge in [-0.3, -0.25) is 0 Å². The normalized spacial score (nSPS) is 33.1. The van der Waals surface area contributed by atoms with Gasteiger partial charge >= 0.3 is 24.4 Å². The highest BCUT2D eigenvalue weighted by Gasteiger charge is 2.55. The number of hydrogen-bond acceptors (Lipinski definition) is 19. The van der Waals surface area contributed by atoms with Crippen LogP contribution in [0.1, 0.15) is 110 Å². The second-order valence-electron chi connectivity index (χ2n) is 23.1. The van der Waals surface area contributed by atoms with Gasteiger partial charge in [-0.15, -0.1) is 0 Å². The third kappa shape index (κ3) is 17.6. The molecule has 0 aromatic rings. The Morgan fingerprint density at radius 2 is 0.912 bits per heavy atom. The molecule has 2 saturated heterocycles. The summed E-state index contributed by atoms with van der Waals surface area (Å²) in [5.41, 5.74) is -3.89. The van der Waals surface area contributed by atoms with Crippen molar-refractivity contribution in [1.82, 2.24) is 21.3 Å². The molecule has 3 fully saturated rings. The zero-order valence-corrected chi connectivity index (χ0v) is 43.8. The fourth-order valence-electron chi connectivity index (χ4n) is 7.07. The molecule has 2 heterocycles. The summed E-state index contributed by atoms with van der Waals surface area (Å²) in [6.07, 6.45) is -25.1. The average molecular weight is 999 g/mol. The molecule has 6 unspecified atom stereocenters. The number of ether oxygens (including phenoxy) is 8. The van der Waals surface area contributed by atoms with Crippen LogP contribution in [0.15, 0.2) is 0 Å². The molecule has 68 heavy (non-hydrogen) atoms. The molecule has 3 rings (SSSR count). The van der Waals surface area contributed by atoms with E-state index >= 15 is 0 Å². The van der Waals surface area contributed by atoms with Crippen LogP contribution in [0, 0.1) is 0 Å². The molecule has 3 aliphatic rings. The first-order valence-electron chi connectivity index (χ1n) is 23.0. The smallest absolute Gasteiger partial charge is 0.408 e. The van der Waals surface area contributed by atoms with Gasteiger partial charge in [0, 0.05) is 6.54 Å². The van der Waals surface area contributed by atoms with E-state index in [1.165, 1.54) is 0 Å². The molecular formula is C44H82N4O19Si. The molecule has 15 atom stereocenters. The third-order valence-corrected chi connectivity index (χ3v) is 15.8. The van der Waals surface area contributed by atoms with Crippen molar-refractivity contribution in [2.45, 2.75) is 243 Å². The van der Waals surface area contributed by atoms with Crippen LogP contribution < -0.4 is 21.3 Å². The van der Waals surface area contributed by atoms with E-state index in [9.17, 15) is 49.8 Å². The Labute approximate surface area is 401 Å². The van der Waals surface area contributed by atoms with Gasteiger partial charge in [0.2, 0.25) is 0 Å². The van der Waals surface area contributed by atoms with Gasteiger partial charge in [0.05, 0.1) is 24.7 Å². The lowest BCUT2D eigenvalue weighted by atomic mass is 9.83. The fraction of sp³-hybridized carbons (Fsp3) is 0.909. The van der Waals surface area contributed by atoms with E-state index in [1.807, 2.05) is 33.9 Å². The average Bonchev–Trinajstić information content (AvgIpc) is 3.12. The number of aliphatic hydroxyl groups is 6. The first kappa shape index (κ1) is 59.2. The monoisotopic (exact) mass is 999 g/mol. The van der Waals surface area contributed by atoms with E-state index < -0.39 is 153 Å². The third-order valence-electron chi connectivity index (χ3n) is 11.3. The highest BCUT2D eigenvalue weighted by molar-refractivity contribution is 6.74. The second kappa shape index (κ2) is 22.5. The Morgan fingerprint density at radius 1 is 0.515 bits per heavy atom. The minimum atomic E-state index is -2.52. The number of carbonyl (C=O) groups excluding carboxylic acids is 4. The maximum Gasteiger partial charge on any atom is 0.408 e. The zero-order chi connectivity index (χ0) is 52.3. The van der Waals surface area contributed by atoms with Crippen LogP contribution >= 0.6 is 0 Å². The standard InChI is InChI=1S/C44H82N4O19Si/c1-40(2,3)64-36(55)45-19-23-27(50)29(52)30(53)35(60-23)63-33-22(47-38(57)66-42(7,8)9)18-21(46-37(56)65-41(4,5)6)32(31(33)54)62-34-28(51)25(48-39(58)67-43(10,11)12)26(49)24(61-34)20-59-68(16,17)44(13,14)15/h21-35,49-54H,18-20H2,1-17H3,(H,45,55)(H,46,56)(H,47,57)(H,48,58)/t21-,22?,23?,24?,25-,26-,27-,28?,29?,30+,31?,32-,33-,34-,35-/m1/s1. The SMILES string of the molecule is CC(C)(C)OC(=O)NCC1O[C@H](O[C@@H]2C(NC(=O)OC(C)(C)C)C[C@@H](NC(=O)OC(C)(C)C)[C@@H](O[C@H]3OC(CO[Si](C)(C)C(C)(C)C)[C@@H](O)[C@@H](NC(=O)OC(C)(C)C)C3O)C2O)[C@@H](O)C(O)[C@@H]1O. The topological polar surface area (TPSA) is 321 Å². The largest absolute Gasteiger partial charge is 0.444 e. The summed E-state index contributed by atoms with van der Waals surface area (Å²) in [7, 11) is -2.52. The first-order valence-corrected chi connectivity index (χ1v) is 25.9. The molecule has 0 radical (unpaired) electrons. The van der Waals surface area contributed by atoms with Gasteiger partial charge in [0.25, 0.3) is 0 Å². The zero-order valence-electron chi connectivity index (χ0n) is 42.8. The van der Waals surface area contributed by atoms with Gasteiger partial charge in [-0.05, 0) is 108 Å². The molecule has 396 valence electrons. The summed E-state index contributed by atoms with van der Waals surface area (Å²) >= 11 is 0. The Bertz CT molecular complexity index is 1690. The van der Waals surface area contributed by atoms with Gasteiger partial charge in [-0.25, -0.2) is 19.2 Å². The number of rotatable bonds is 12. The van der Waals surface area contributed by atoms with E-state index in [-0.39, 0.29) is 18.1 Å². The van der Waals surface area contributed by atoms with Crippen molar-refractivity contribution in [2.75, 3.05) is 13.2 Å². The van der Waals surface area contributed by atoms with Crippen LogP contribution in [0.2, 0.25) is 18.1 Å². The number of alkyl carbamates (subject to hydrolysis) is 4. The van der Waals surface area contributed by atoms with Gasteiger partial charge in [-0.2, -0.15) is 0 Å². The molecule has 0 aromatic heterocycles. The van der Waals surface area contributed by atoms with Crippen LogP contribution in [-0.4, -0.2) is 191 Å². The molecule has 0 spiro atoms. The lowest BCUT2D eigenvalue weighted by Crippen LogP contribution is -2.70. The van der Waals surface area contributed by atoms with Crippen molar-refractivity contribution in [3.8, 4) is 0 Å². The summed E-state index contributed by atoms with van der Waals surface area (Å²) in [6.45, 7) is 28.8. The van der Waals surface area contributed by atoms with Crippen LogP contribution in [0.3, 0.4) is 0 Å². The summed E-state index contributed by atoms with van der Waals surface area (Å²) in [5, 5.41) is 79.0. The molecule has 1 aliphatic carbocycles. The Morgan fingerprint density at radius 3 is 1.34 bits per heavy atom. The number of hydrogen-bond donors (Lipinski definition) is 10. The van der Waals surface area contributed by atoms with E-state index in [0.29, 0.717) is 0 Å². The lowest BCUT2D eigenvalue weighted by Gasteiger charge is -2.50. The number of amides is 4. The summed E-state index contributed by atoms with van der Waals surface area (Å²) in [4.78, 5) is 52.6. The van der Waals surface area contributed by atoms with Crippen molar-refractivity contribution in [3.05, 3.63) is 0 Å². The van der Waals surface area contributed by atoms with Crippen LogP contribution in [0.4, 0.5) is 19.2 Å². The molecule has 10 N–H and O–H groups in total. The first-order chi connectivity index (χ1) is 30.7. The van der Waals surface area contributed by atoms with Crippen molar-refractivity contribution in [3.63, 3.8) is 0 Å². The van der Waals surface area contributed by atoms with Crippen LogP contribution in [-0.2, 0) is 42.3 Å². The maximum absolute atomic E-state index is 13.5. The molecule has 0 bridgehead atoms. The van der Waals surface area contributed by atoms with Gasteiger partial charge < -0.3 is 94.2 Å². The van der Waals surface area contributed by atoms with Crippen LogP contribution in [0.5, 0.6) is 0 Å². The molecule has 23 nitrogen and oxygen atoms in total. The second-order valence-corrected chi connectivity index (χ2v) is 27.9. The Balaban J connectivity index is 2.13. The van der Waals surface area contributed by atoms with E-state index in [2.05, 4.69) is 21.3 Å². The molecule has 4 amide bonds. The quantitative estimate of drug-likeness (QED) is 0.0987. The molecule has 2 aliphatic heterocycles. The number of aliphatic hydroxyl groups excluding tert-OH is 6. The fourth-order valence-corrected chi connectivity index (χ4v) is 8.08. The number of carbonyl (C=O) groups is 4. The predicted octanol–water partition coefficient (Wildman–Crippen LogP) is 2.00. The number of nitrogens with one attached hydrogen (secondary N) is 4. The molecule has 0 aromatic carbocycles. The summed E-state index contributed by atoms with van der Waals surface area (Å²) in [6, 6.07) is -4.17. The van der Waals surface area contributed by atoms with E-state index in [1.54, 1.807) is 83.1 Å². The molecule has 24 heteroatoms. The summed E-state index contributed by atoms with van der Waals surface area (Å²) in [5.74, 6) is 0. The minimum absolute atomic E-state index is 0.230. The molecular weight excluding hydrogens is 917 g/mol. The Kier molecular flexibility index (Phi) is 19.6. The molecule has 1 saturated carbocycles. The predicted molar refractivity (Wildman–Crippen MR) is 245 cm³/mol. The maximum atomic E-state index is 13.5. The van der Waals surface area contributed by atoms with Crippen LogP contribution in [0.25, 0.3) is 0 Å². The Hall–Kier alpha value is -3.14. The lowest BCUT2D eigenvalue weighted by molar-refractivity contribution is -0.334. The van der Waals surface area contributed by atoms with Crippen molar-refractivity contribution >= 4 is 32.7 Å². The van der Waals surface area contributed by atoms with Gasteiger partial charge in [0.15, 0.2) is 20.9 Å². The van der Waals surface area contributed by atoms with E-state index in [0.717, 1.165) is 0 Å². The minimum Gasteiger partial charge on any atom is -0.444 e. The van der Waals surface area contributed by atoms with Crippen molar-refractivity contribution in [1.29, 1.82) is 0 Å². The van der Waals surface area contributed by atoms with Crippen molar-refractivity contribution in [2.24, 2.45) is 0 Å². The highest BCUT2D eigenvalue weighted by Crippen LogP contribution is 2.38. The van der Waals surface area contributed by atoms with Gasteiger partial charge in [-0.1, -0.05) is 20.8 Å². The van der Waals surface area contributed by atoms with Crippen molar-refractivity contribution < 1.29 is 92.1 Å². The highest BCUT2D eigenvalue weighted by atomic mass is 28.4.